The summed E-state index contributed by atoms with van der Waals surface area (Å²) >= 11 is 1.23. The number of esters is 1. The molecule has 2 heterocycles. The van der Waals surface area contributed by atoms with Crippen molar-refractivity contribution in [3.8, 4) is 17.2 Å². The molecule has 226 valence electrons. The first-order valence-electron chi connectivity index (χ1n) is 13.6. The number of aromatic nitrogens is 1. The predicted molar refractivity (Wildman–Crippen MR) is 164 cm³/mol. The number of allylic oxidation sites excluding steroid dienone is 1. The number of carbonyl (C=O) groups excluding carboxylic acids is 1. The van der Waals surface area contributed by atoms with Gasteiger partial charge in [0.05, 0.1) is 47.6 Å². The predicted octanol–water partition coefficient (Wildman–Crippen LogP) is 4.30. The molecule has 12 heteroatoms. The zero-order valence-electron chi connectivity index (χ0n) is 24.4. The molecule has 3 aromatic carbocycles. The van der Waals surface area contributed by atoms with Crippen LogP contribution in [0, 0.1) is 10.1 Å². The summed E-state index contributed by atoms with van der Waals surface area (Å²) in [4.78, 5) is 42.5. The Morgan fingerprint density at radius 1 is 1.05 bits per heavy atom. The van der Waals surface area contributed by atoms with Crippen molar-refractivity contribution in [3.63, 3.8) is 0 Å². The van der Waals surface area contributed by atoms with Gasteiger partial charge >= 0.3 is 5.97 Å². The van der Waals surface area contributed by atoms with Gasteiger partial charge in [-0.25, -0.2) is 9.79 Å². The zero-order chi connectivity index (χ0) is 31.4. The van der Waals surface area contributed by atoms with Crippen molar-refractivity contribution in [2.24, 2.45) is 4.99 Å². The summed E-state index contributed by atoms with van der Waals surface area (Å²) in [6.45, 7) is 3.87. The fourth-order valence-corrected chi connectivity index (χ4v) is 5.87. The van der Waals surface area contributed by atoms with Crippen LogP contribution in [0.4, 0.5) is 5.69 Å². The molecule has 0 radical (unpaired) electrons. The highest BCUT2D eigenvalue weighted by atomic mass is 32.1. The summed E-state index contributed by atoms with van der Waals surface area (Å²) in [6, 6.07) is 17.9. The lowest BCUT2D eigenvalue weighted by Crippen LogP contribution is -2.39. The van der Waals surface area contributed by atoms with E-state index < -0.39 is 16.9 Å². The first-order valence-corrected chi connectivity index (χ1v) is 14.4. The van der Waals surface area contributed by atoms with Crippen molar-refractivity contribution < 1.29 is 28.7 Å². The van der Waals surface area contributed by atoms with Gasteiger partial charge in [0.15, 0.2) is 16.3 Å². The third-order valence-corrected chi connectivity index (χ3v) is 7.95. The average molecular weight is 616 g/mol. The molecule has 0 saturated heterocycles. The molecule has 1 atom stereocenters. The summed E-state index contributed by atoms with van der Waals surface area (Å²) in [5.74, 6) is 1.03. The lowest BCUT2D eigenvalue weighted by molar-refractivity contribution is -0.384. The Balaban J connectivity index is 1.48. The van der Waals surface area contributed by atoms with Crippen LogP contribution in [0.2, 0.25) is 0 Å². The molecule has 0 N–H and O–H groups in total. The van der Waals surface area contributed by atoms with Gasteiger partial charge in [-0.1, -0.05) is 29.5 Å². The van der Waals surface area contributed by atoms with E-state index in [1.165, 1.54) is 42.3 Å². The second kappa shape index (κ2) is 13.0. The second-order valence-electron chi connectivity index (χ2n) is 9.70. The van der Waals surface area contributed by atoms with Crippen LogP contribution in [0.15, 0.2) is 87.8 Å². The number of methoxy groups -OCH3 is 2. The van der Waals surface area contributed by atoms with Crippen molar-refractivity contribution in [2.45, 2.75) is 26.5 Å². The average Bonchev–Trinajstić information content (AvgIpc) is 3.33. The number of thiazole rings is 1. The van der Waals surface area contributed by atoms with Crippen LogP contribution in [-0.4, -0.2) is 36.3 Å². The van der Waals surface area contributed by atoms with Crippen molar-refractivity contribution in [1.29, 1.82) is 0 Å². The zero-order valence-corrected chi connectivity index (χ0v) is 25.3. The van der Waals surface area contributed by atoms with Gasteiger partial charge in [0.2, 0.25) is 0 Å². The molecule has 1 aliphatic heterocycles. The van der Waals surface area contributed by atoms with Crippen molar-refractivity contribution in [1.82, 2.24) is 4.57 Å². The highest BCUT2D eigenvalue weighted by molar-refractivity contribution is 7.07. The standard InChI is InChI=1S/C32H29N3O8S/c1-5-42-31(37)28-19(2)33-32-34(29(28)22-10-15-25(40-3)26(17-22)41-4)30(36)27(44-32)16-20-8-13-24(14-9-20)43-18-21-6-11-23(12-7-21)35(38)39/h6-17,29H,5,18H2,1-4H3. The fourth-order valence-electron chi connectivity index (χ4n) is 4.82. The van der Waals surface area contributed by atoms with Crippen LogP contribution in [0.25, 0.3) is 6.08 Å². The molecular formula is C32H29N3O8S. The minimum absolute atomic E-state index is 0.0192. The number of carbonyl (C=O) groups is 1. The molecule has 0 amide bonds. The number of hydrogen-bond donors (Lipinski definition) is 0. The normalized spacial score (nSPS) is 14.5. The van der Waals surface area contributed by atoms with Gasteiger partial charge in [0, 0.05) is 12.1 Å². The molecule has 11 nitrogen and oxygen atoms in total. The summed E-state index contributed by atoms with van der Waals surface area (Å²) in [5, 5.41) is 10.9. The first kappa shape index (κ1) is 30.2. The van der Waals surface area contributed by atoms with E-state index in [0.29, 0.717) is 37.8 Å². The number of nitrogens with zero attached hydrogens (tertiary/aromatic N) is 3. The first-order chi connectivity index (χ1) is 21.2. The largest absolute Gasteiger partial charge is 0.493 e. The van der Waals surface area contributed by atoms with Crippen molar-refractivity contribution in [2.75, 3.05) is 20.8 Å². The van der Waals surface area contributed by atoms with E-state index in [-0.39, 0.29) is 30.0 Å². The lowest BCUT2D eigenvalue weighted by Gasteiger charge is -2.25. The molecule has 0 saturated carbocycles. The number of benzene rings is 3. The summed E-state index contributed by atoms with van der Waals surface area (Å²) < 4.78 is 24.0. The van der Waals surface area contributed by atoms with Crippen molar-refractivity contribution in [3.05, 3.63) is 124 Å². The molecular weight excluding hydrogens is 586 g/mol. The lowest BCUT2D eigenvalue weighted by atomic mass is 9.95. The van der Waals surface area contributed by atoms with Gasteiger partial charge in [-0.2, -0.15) is 0 Å². The Morgan fingerprint density at radius 2 is 1.75 bits per heavy atom. The highest BCUT2D eigenvalue weighted by Gasteiger charge is 2.34. The summed E-state index contributed by atoms with van der Waals surface area (Å²) in [6.07, 6.45) is 1.76. The third-order valence-electron chi connectivity index (χ3n) is 6.97. The fraction of sp³-hybridized carbons (Fsp3) is 0.219. The topological polar surface area (TPSA) is 131 Å². The molecule has 0 aliphatic carbocycles. The highest BCUT2D eigenvalue weighted by Crippen LogP contribution is 2.36. The van der Waals surface area contributed by atoms with Crippen LogP contribution in [-0.2, 0) is 16.1 Å². The Kier molecular flexibility index (Phi) is 8.91. The quantitative estimate of drug-likeness (QED) is 0.147. The van der Waals surface area contributed by atoms with Crippen LogP contribution < -0.4 is 29.1 Å². The number of rotatable bonds is 10. The number of hydrogen-bond acceptors (Lipinski definition) is 10. The number of fused-ring (bicyclic) bond motifs is 1. The molecule has 0 fully saturated rings. The Hall–Kier alpha value is -5.23. The molecule has 44 heavy (non-hydrogen) atoms. The van der Waals surface area contributed by atoms with E-state index in [0.717, 1.165) is 11.1 Å². The van der Waals surface area contributed by atoms with E-state index in [9.17, 15) is 19.7 Å². The van der Waals surface area contributed by atoms with Crippen LogP contribution in [0.5, 0.6) is 17.2 Å². The smallest absolute Gasteiger partial charge is 0.338 e. The molecule has 0 spiro atoms. The van der Waals surface area contributed by atoms with Gasteiger partial charge in [0.1, 0.15) is 12.4 Å². The molecule has 1 unspecified atom stereocenters. The maximum atomic E-state index is 13.9. The molecule has 1 aromatic heterocycles. The van der Waals surface area contributed by atoms with Gasteiger partial charge in [-0.05, 0) is 73.0 Å². The van der Waals surface area contributed by atoms with Crippen LogP contribution >= 0.6 is 11.3 Å². The molecule has 5 rings (SSSR count). The monoisotopic (exact) mass is 615 g/mol. The maximum absolute atomic E-state index is 13.9. The number of nitro benzene ring substituents is 1. The molecule has 4 aromatic rings. The molecule has 0 bridgehead atoms. The van der Waals surface area contributed by atoms with Gasteiger partial charge < -0.3 is 18.9 Å². The van der Waals surface area contributed by atoms with Gasteiger partial charge in [0.25, 0.3) is 11.2 Å². The van der Waals surface area contributed by atoms with Crippen LogP contribution in [0.1, 0.15) is 36.6 Å². The molecule has 1 aliphatic rings. The second-order valence-corrected chi connectivity index (χ2v) is 10.7. The van der Waals surface area contributed by atoms with E-state index in [1.54, 1.807) is 62.4 Å². The number of nitro groups is 1. The Labute approximate surface area is 256 Å². The van der Waals surface area contributed by atoms with Crippen molar-refractivity contribution >= 4 is 29.1 Å². The van der Waals surface area contributed by atoms with E-state index >= 15 is 0 Å². The summed E-state index contributed by atoms with van der Waals surface area (Å²) in [5.41, 5.74) is 2.65. The summed E-state index contributed by atoms with van der Waals surface area (Å²) in [7, 11) is 3.05. The van der Waals surface area contributed by atoms with Gasteiger partial charge in [-0.15, -0.1) is 0 Å². The van der Waals surface area contributed by atoms with E-state index in [1.807, 2.05) is 12.1 Å². The number of non-ortho nitro benzene ring substituents is 1. The van der Waals surface area contributed by atoms with E-state index in [2.05, 4.69) is 4.99 Å². The van der Waals surface area contributed by atoms with E-state index in [4.69, 9.17) is 18.9 Å². The van der Waals surface area contributed by atoms with Gasteiger partial charge in [-0.3, -0.25) is 19.5 Å². The SMILES string of the molecule is CCOC(=O)C1=C(C)N=c2sc(=Cc3ccc(OCc4ccc([N+](=O)[O-])cc4)cc3)c(=O)n2C1c1ccc(OC)c(OC)c1. The Bertz CT molecular complexity index is 1930. The maximum Gasteiger partial charge on any atom is 0.338 e. The number of ether oxygens (including phenoxy) is 4. The Morgan fingerprint density at radius 3 is 2.39 bits per heavy atom. The van der Waals surface area contributed by atoms with Crippen LogP contribution in [0.3, 0.4) is 0 Å². The minimum Gasteiger partial charge on any atom is -0.493 e. The minimum atomic E-state index is -0.789. The third kappa shape index (κ3) is 6.11.